The molecule has 0 spiro atoms. The van der Waals surface area contributed by atoms with Crippen molar-refractivity contribution in [2.75, 3.05) is 32.6 Å². The molecule has 0 atom stereocenters. The first-order valence-corrected chi connectivity index (χ1v) is 8.76. The number of likely N-dealkylation sites (N-methyl/N-ethyl adjacent to an activating group) is 1. The molecule has 0 saturated carbocycles. The topological polar surface area (TPSA) is 49.9 Å². The zero-order chi connectivity index (χ0) is 19.8. The van der Waals surface area contributed by atoms with Gasteiger partial charge in [0.1, 0.15) is 5.82 Å². The fourth-order valence-corrected chi connectivity index (χ4v) is 2.52. The Kier molecular flexibility index (Phi) is 7.34. The highest BCUT2D eigenvalue weighted by Gasteiger charge is 2.13. The summed E-state index contributed by atoms with van der Waals surface area (Å²) in [5.74, 6) is -1.15. The maximum atomic E-state index is 13.5. The summed E-state index contributed by atoms with van der Waals surface area (Å²) in [4.78, 5) is 27.4. The van der Waals surface area contributed by atoms with Crippen molar-refractivity contribution in [2.24, 2.45) is 0 Å². The Morgan fingerprint density at radius 3 is 2.30 bits per heavy atom. The Bertz CT molecular complexity index is 775. The Balaban J connectivity index is 1.75. The maximum Gasteiger partial charge on any atom is 0.306 e. The zero-order valence-electron chi connectivity index (χ0n) is 15.9. The predicted octanol–water partition coefficient (Wildman–Crippen LogP) is 3.03. The van der Waals surface area contributed by atoms with Gasteiger partial charge in [0.05, 0.1) is 0 Å². The van der Waals surface area contributed by atoms with Gasteiger partial charge in [-0.2, -0.15) is 0 Å². The van der Waals surface area contributed by atoms with Gasteiger partial charge in [-0.1, -0.05) is 30.3 Å². The molecule has 144 valence electrons. The summed E-state index contributed by atoms with van der Waals surface area (Å²) in [5.41, 5.74) is 2.53. The number of aryl methyl sites for hydroxylation is 1. The second-order valence-corrected chi connectivity index (χ2v) is 6.56. The van der Waals surface area contributed by atoms with Crippen LogP contribution in [0.3, 0.4) is 0 Å². The molecule has 0 unspecified atom stereocenters. The lowest BCUT2D eigenvalue weighted by atomic mass is 10.1. The molecule has 0 N–H and O–H groups in total. The summed E-state index contributed by atoms with van der Waals surface area (Å²) in [6.07, 6.45) is 0.275. The molecule has 27 heavy (non-hydrogen) atoms. The molecule has 0 fully saturated rings. The van der Waals surface area contributed by atoms with Gasteiger partial charge in [0.2, 0.25) is 0 Å². The maximum absolute atomic E-state index is 13.5. The summed E-state index contributed by atoms with van der Waals surface area (Å²) in [7, 11) is 5.59. The molecule has 5 nitrogen and oxygen atoms in total. The zero-order valence-corrected chi connectivity index (χ0v) is 15.9. The standard InChI is InChI=1S/C21H25FN2O3/c1-23(2)18-11-8-16(9-12-18)14-24(3)20(25)15-27-21(26)13-10-17-6-4-5-7-19(17)22/h4-9,11-12H,10,13-15H2,1-3H3. The Labute approximate surface area is 159 Å². The van der Waals surface area contributed by atoms with Gasteiger partial charge in [0.15, 0.2) is 6.61 Å². The van der Waals surface area contributed by atoms with Gasteiger partial charge < -0.3 is 14.5 Å². The number of hydrogen-bond acceptors (Lipinski definition) is 4. The molecule has 2 aromatic carbocycles. The average molecular weight is 372 g/mol. The number of benzene rings is 2. The first-order chi connectivity index (χ1) is 12.9. The van der Waals surface area contributed by atoms with E-state index in [9.17, 15) is 14.0 Å². The third-order valence-corrected chi connectivity index (χ3v) is 4.21. The van der Waals surface area contributed by atoms with Crippen molar-refractivity contribution < 1.29 is 18.7 Å². The SMILES string of the molecule is CN(Cc1ccc(N(C)C)cc1)C(=O)COC(=O)CCc1ccccc1F. The van der Waals surface area contributed by atoms with E-state index in [0.29, 0.717) is 12.1 Å². The van der Waals surface area contributed by atoms with E-state index in [1.165, 1.54) is 11.0 Å². The highest BCUT2D eigenvalue weighted by molar-refractivity contribution is 5.80. The molecule has 0 heterocycles. The van der Waals surface area contributed by atoms with Crippen molar-refractivity contribution in [3.63, 3.8) is 0 Å². The molecule has 0 aromatic heterocycles. The third kappa shape index (κ3) is 6.40. The second-order valence-electron chi connectivity index (χ2n) is 6.56. The first-order valence-electron chi connectivity index (χ1n) is 8.76. The van der Waals surface area contributed by atoms with Crippen molar-refractivity contribution in [1.82, 2.24) is 4.90 Å². The van der Waals surface area contributed by atoms with Crippen LogP contribution in [0.1, 0.15) is 17.5 Å². The van der Waals surface area contributed by atoms with Gasteiger partial charge in [-0.15, -0.1) is 0 Å². The van der Waals surface area contributed by atoms with Crippen LogP contribution in [0.2, 0.25) is 0 Å². The Morgan fingerprint density at radius 2 is 1.67 bits per heavy atom. The minimum atomic E-state index is -0.518. The van der Waals surface area contributed by atoms with Crippen LogP contribution >= 0.6 is 0 Å². The average Bonchev–Trinajstić information content (AvgIpc) is 2.65. The number of carbonyl (C=O) groups excluding carboxylic acids is 2. The van der Waals surface area contributed by atoms with Crippen LogP contribution in [0, 0.1) is 5.82 Å². The van der Waals surface area contributed by atoms with Crippen LogP contribution in [0.15, 0.2) is 48.5 Å². The molecule has 0 bridgehead atoms. The number of halogens is 1. The second kappa shape index (κ2) is 9.71. The lowest BCUT2D eigenvalue weighted by Gasteiger charge is -2.18. The highest BCUT2D eigenvalue weighted by Crippen LogP contribution is 2.13. The monoisotopic (exact) mass is 372 g/mol. The molecule has 1 amide bonds. The van der Waals surface area contributed by atoms with E-state index in [-0.39, 0.29) is 31.2 Å². The normalized spacial score (nSPS) is 10.4. The molecule has 0 radical (unpaired) electrons. The molecule has 2 aromatic rings. The van der Waals surface area contributed by atoms with Gasteiger partial charge in [-0.3, -0.25) is 9.59 Å². The number of anilines is 1. The molecule has 6 heteroatoms. The lowest BCUT2D eigenvalue weighted by Crippen LogP contribution is -2.30. The highest BCUT2D eigenvalue weighted by atomic mass is 19.1. The molecular weight excluding hydrogens is 347 g/mol. The Morgan fingerprint density at radius 1 is 1.00 bits per heavy atom. The van der Waals surface area contributed by atoms with Crippen molar-refractivity contribution in [3.8, 4) is 0 Å². The van der Waals surface area contributed by atoms with E-state index in [2.05, 4.69) is 0 Å². The number of amides is 1. The number of carbonyl (C=O) groups is 2. The summed E-state index contributed by atoms with van der Waals surface area (Å²) < 4.78 is 18.5. The van der Waals surface area contributed by atoms with Crippen LogP contribution < -0.4 is 4.90 Å². The van der Waals surface area contributed by atoms with Crippen molar-refractivity contribution >= 4 is 17.6 Å². The summed E-state index contributed by atoms with van der Waals surface area (Å²) in [5, 5.41) is 0. The fraction of sp³-hybridized carbons (Fsp3) is 0.333. The number of nitrogens with zero attached hydrogens (tertiary/aromatic N) is 2. The van der Waals surface area contributed by atoms with Crippen LogP contribution in [-0.4, -0.2) is 44.5 Å². The first kappa shape index (κ1) is 20.4. The predicted molar refractivity (Wildman–Crippen MR) is 103 cm³/mol. The largest absolute Gasteiger partial charge is 0.456 e. The van der Waals surface area contributed by atoms with Crippen molar-refractivity contribution in [3.05, 3.63) is 65.5 Å². The molecule has 0 saturated heterocycles. The smallest absolute Gasteiger partial charge is 0.306 e. The lowest BCUT2D eigenvalue weighted by molar-refractivity contribution is -0.151. The quantitative estimate of drug-likeness (QED) is 0.669. The van der Waals surface area contributed by atoms with Gasteiger partial charge in [-0.05, 0) is 35.7 Å². The summed E-state index contributed by atoms with van der Waals surface area (Å²) >= 11 is 0. The molecule has 2 rings (SSSR count). The van der Waals surface area contributed by atoms with Crippen LogP contribution in [0.5, 0.6) is 0 Å². The molecular formula is C21H25FN2O3. The van der Waals surface area contributed by atoms with E-state index >= 15 is 0 Å². The Hall–Kier alpha value is -2.89. The van der Waals surface area contributed by atoms with E-state index in [1.54, 1.807) is 25.2 Å². The van der Waals surface area contributed by atoms with E-state index < -0.39 is 5.97 Å². The molecule has 0 aliphatic carbocycles. The minimum absolute atomic E-state index is 0.0317. The van der Waals surface area contributed by atoms with Gasteiger partial charge in [0, 0.05) is 39.8 Å². The van der Waals surface area contributed by atoms with Gasteiger partial charge in [0.25, 0.3) is 5.91 Å². The van der Waals surface area contributed by atoms with Crippen LogP contribution in [0.4, 0.5) is 10.1 Å². The molecule has 0 aliphatic heterocycles. The third-order valence-electron chi connectivity index (χ3n) is 4.21. The fourth-order valence-electron chi connectivity index (χ4n) is 2.52. The van der Waals surface area contributed by atoms with E-state index in [1.807, 2.05) is 43.3 Å². The van der Waals surface area contributed by atoms with Crippen molar-refractivity contribution in [1.29, 1.82) is 0 Å². The van der Waals surface area contributed by atoms with Crippen molar-refractivity contribution in [2.45, 2.75) is 19.4 Å². The summed E-state index contributed by atoms with van der Waals surface area (Å²) in [6.45, 7) is 0.113. The summed E-state index contributed by atoms with van der Waals surface area (Å²) in [6, 6.07) is 14.2. The minimum Gasteiger partial charge on any atom is -0.456 e. The number of ether oxygens (including phenoxy) is 1. The van der Waals surface area contributed by atoms with Gasteiger partial charge >= 0.3 is 5.97 Å². The van der Waals surface area contributed by atoms with E-state index in [0.717, 1.165) is 11.3 Å². The number of rotatable bonds is 8. The van der Waals surface area contributed by atoms with E-state index in [4.69, 9.17) is 4.74 Å². The van der Waals surface area contributed by atoms with Gasteiger partial charge in [-0.25, -0.2) is 4.39 Å². The van der Waals surface area contributed by atoms with Crippen LogP contribution in [-0.2, 0) is 27.3 Å². The number of esters is 1. The van der Waals surface area contributed by atoms with Crippen LogP contribution in [0.25, 0.3) is 0 Å². The molecule has 0 aliphatic rings. The number of hydrogen-bond donors (Lipinski definition) is 0.